The molecule has 0 saturated heterocycles. The summed E-state index contributed by atoms with van der Waals surface area (Å²) in [5.74, 6) is 5.92. The van der Waals surface area contributed by atoms with Crippen LogP contribution in [0, 0.1) is 18.8 Å². The molecule has 6 heteroatoms. The van der Waals surface area contributed by atoms with Gasteiger partial charge in [-0.05, 0) is 36.6 Å². The van der Waals surface area contributed by atoms with E-state index in [1.165, 1.54) is 23.5 Å². The van der Waals surface area contributed by atoms with Crippen LogP contribution in [0.25, 0.3) is 11.1 Å². The Morgan fingerprint density at radius 1 is 1.00 bits per heavy atom. The number of hydrogen-bond acceptors (Lipinski definition) is 3. The number of aryl methyl sites for hydroxylation is 1. The second-order valence-corrected chi connectivity index (χ2v) is 6.10. The third kappa shape index (κ3) is 3.81. The van der Waals surface area contributed by atoms with Gasteiger partial charge in [-0.25, -0.2) is 4.98 Å². The molecule has 0 N–H and O–H groups in total. The average molecular weight is 344 g/mol. The minimum Gasteiger partial charge on any atom is -0.263 e. The van der Waals surface area contributed by atoms with Gasteiger partial charge in [0.25, 0.3) is 0 Å². The molecule has 120 valence electrons. The van der Waals surface area contributed by atoms with E-state index in [1.807, 2.05) is 12.3 Å². The highest BCUT2D eigenvalue weighted by atomic mass is 32.1. The maximum atomic E-state index is 12.6. The van der Waals surface area contributed by atoms with Crippen molar-refractivity contribution in [2.75, 3.05) is 0 Å². The molecule has 0 spiro atoms. The van der Waals surface area contributed by atoms with Gasteiger partial charge in [0, 0.05) is 28.9 Å². The number of alkyl halides is 3. The van der Waals surface area contributed by atoms with E-state index in [9.17, 15) is 13.2 Å². The van der Waals surface area contributed by atoms with Crippen LogP contribution in [0.1, 0.15) is 21.8 Å². The van der Waals surface area contributed by atoms with E-state index < -0.39 is 11.7 Å². The van der Waals surface area contributed by atoms with Crippen molar-refractivity contribution in [1.82, 2.24) is 9.97 Å². The smallest absolute Gasteiger partial charge is 0.263 e. The number of rotatable bonds is 1. The first-order valence-electron chi connectivity index (χ1n) is 6.99. The van der Waals surface area contributed by atoms with Gasteiger partial charge in [0.2, 0.25) is 0 Å². The summed E-state index contributed by atoms with van der Waals surface area (Å²) in [7, 11) is 0. The lowest BCUT2D eigenvalue weighted by Crippen LogP contribution is -2.04. The zero-order valence-corrected chi connectivity index (χ0v) is 13.4. The molecule has 0 aliphatic carbocycles. The molecular formula is C18H11F3N2S. The van der Waals surface area contributed by atoms with Crippen molar-refractivity contribution in [3.8, 4) is 23.0 Å². The van der Waals surface area contributed by atoms with Crippen LogP contribution >= 0.6 is 11.3 Å². The molecule has 0 radical (unpaired) electrons. The quantitative estimate of drug-likeness (QED) is 0.585. The molecule has 2 aromatic heterocycles. The fourth-order valence-corrected chi connectivity index (χ4v) is 2.62. The Kier molecular flexibility index (Phi) is 4.36. The Morgan fingerprint density at radius 3 is 2.38 bits per heavy atom. The van der Waals surface area contributed by atoms with Crippen LogP contribution in [0.3, 0.4) is 0 Å². The summed E-state index contributed by atoms with van der Waals surface area (Å²) in [6.07, 6.45) is -1.13. The van der Waals surface area contributed by atoms with Gasteiger partial charge in [0.15, 0.2) is 0 Å². The average Bonchev–Trinajstić information content (AvgIpc) is 2.98. The number of thiazole rings is 1. The van der Waals surface area contributed by atoms with Crippen LogP contribution in [0.5, 0.6) is 0 Å². The summed E-state index contributed by atoms with van der Waals surface area (Å²) in [6.45, 7) is 1.91. The number of halogens is 3. The molecule has 24 heavy (non-hydrogen) atoms. The van der Waals surface area contributed by atoms with Crippen LogP contribution in [0.15, 0.2) is 48.1 Å². The lowest BCUT2D eigenvalue weighted by atomic mass is 10.0. The molecule has 0 unspecified atom stereocenters. The van der Waals surface area contributed by atoms with E-state index in [4.69, 9.17) is 0 Å². The van der Waals surface area contributed by atoms with Crippen molar-refractivity contribution in [3.63, 3.8) is 0 Å². The van der Waals surface area contributed by atoms with Gasteiger partial charge in [-0.2, -0.15) is 13.2 Å². The number of hydrogen-bond donors (Lipinski definition) is 0. The van der Waals surface area contributed by atoms with E-state index >= 15 is 0 Å². The Hall–Kier alpha value is -2.65. The monoisotopic (exact) mass is 344 g/mol. The second-order valence-electron chi connectivity index (χ2n) is 5.04. The minimum absolute atomic E-state index is 0.656. The van der Waals surface area contributed by atoms with Gasteiger partial charge in [0.1, 0.15) is 5.69 Å². The first kappa shape index (κ1) is 16.2. The third-order valence-corrected chi connectivity index (χ3v) is 4.01. The van der Waals surface area contributed by atoms with Gasteiger partial charge in [0.05, 0.1) is 10.6 Å². The molecular weight excluding hydrogens is 333 g/mol. The number of aromatic nitrogens is 2. The molecule has 2 heterocycles. The van der Waals surface area contributed by atoms with Gasteiger partial charge in [-0.3, -0.25) is 4.98 Å². The molecule has 0 aliphatic rings. The SMILES string of the molecule is Cc1nc(C#Cc2cncc(-c3ccc(C(F)(F)F)cc3)c2)cs1. The highest BCUT2D eigenvalue weighted by Crippen LogP contribution is 2.30. The summed E-state index contributed by atoms with van der Waals surface area (Å²) in [6, 6.07) is 6.78. The molecule has 0 saturated carbocycles. The predicted molar refractivity (Wildman–Crippen MR) is 87.5 cm³/mol. The van der Waals surface area contributed by atoms with E-state index in [-0.39, 0.29) is 0 Å². The van der Waals surface area contributed by atoms with Gasteiger partial charge >= 0.3 is 6.18 Å². The highest BCUT2D eigenvalue weighted by Gasteiger charge is 2.29. The van der Waals surface area contributed by atoms with Crippen molar-refractivity contribution >= 4 is 11.3 Å². The standard InChI is InChI=1S/C18H11F3N2S/c1-12-23-17(11-24-12)7-2-13-8-15(10-22-9-13)14-3-5-16(6-4-14)18(19,20)21/h3-6,8-11H,1H3. The zero-order valence-electron chi connectivity index (χ0n) is 12.6. The molecule has 0 atom stereocenters. The highest BCUT2D eigenvalue weighted by molar-refractivity contribution is 7.09. The lowest BCUT2D eigenvalue weighted by molar-refractivity contribution is -0.137. The summed E-state index contributed by atoms with van der Waals surface area (Å²) in [5, 5.41) is 2.81. The number of nitrogens with zero attached hydrogens (tertiary/aromatic N) is 2. The lowest BCUT2D eigenvalue weighted by Gasteiger charge is -2.07. The maximum Gasteiger partial charge on any atom is 0.416 e. The summed E-state index contributed by atoms with van der Waals surface area (Å²) in [5.41, 5.74) is 2.07. The van der Waals surface area contributed by atoms with Crippen LogP contribution in [-0.4, -0.2) is 9.97 Å². The van der Waals surface area contributed by atoms with E-state index in [0.717, 1.165) is 17.1 Å². The van der Waals surface area contributed by atoms with E-state index in [1.54, 1.807) is 18.5 Å². The summed E-state index contributed by atoms with van der Waals surface area (Å²) in [4.78, 5) is 8.36. The van der Waals surface area contributed by atoms with Crippen molar-refractivity contribution in [1.29, 1.82) is 0 Å². The van der Waals surface area contributed by atoms with Gasteiger partial charge in [-0.15, -0.1) is 11.3 Å². The third-order valence-electron chi connectivity index (χ3n) is 3.24. The van der Waals surface area contributed by atoms with E-state index in [2.05, 4.69) is 21.8 Å². The first-order valence-corrected chi connectivity index (χ1v) is 7.86. The second kappa shape index (κ2) is 6.46. The largest absolute Gasteiger partial charge is 0.416 e. The van der Waals surface area contributed by atoms with Crippen molar-refractivity contribution in [2.24, 2.45) is 0 Å². The summed E-state index contributed by atoms with van der Waals surface area (Å²) < 4.78 is 37.8. The molecule has 0 bridgehead atoms. The van der Waals surface area contributed by atoms with Crippen LogP contribution in [0.2, 0.25) is 0 Å². The van der Waals surface area contributed by atoms with Crippen molar-refractivity contribution in [3.05, 3.63) is 69.9 Å². The van der Waals surface area contributed by atoms with Crippen LogP contribution in [-0.2, 0) is 6.18 Å². The minimum atomic E-state index is -4.34. The Morgan fingerprint density at radius 2 is 1.75 bits per heavy atom. The Labute approximate surface area is 141 Å². The van der Waals surface area contributed by atoms with Gasteiger partial charge < -0.3 is 0 Å². The molecule has 0 aliphatic heterocycles. The molecule has 3 aromatic rings. The molecule has 0 fully saturated rings. The topological polar surface area (TPSA) is 25.8 Å². The molecule has 2 nitrogen and oxygen atoms in total. The Balaban J connectivity index is 1.87. The first-order chi connectivity index (χ1) is 11.4. The van der Waals surface area contributed by atoms with Crippen LogP contribution in [0.4, 0.5) is 13.2 Å². The van der Waals surface area contributed by atoms with Crippen molar-refractivity contribution in [2.45, 2.75) is 13.1 Å². The normalized spacial score (nSPS) is 11.0. The van der Waals surface area contributed by atoms with Crippen LogP contribution < -0.4 is 0 Å². The van der Waals surface area contributed by atoms with E-state index in [0.29, 0.717) is 22.4 Å². The van der Waals surface area contributed by atoms with Crippen molar-refractivity contribution < 1.29 is 13.2 Å². The number of benzene rings is 1. The fourth-order valence-electron chi connectivity index (χ4n) is 2.07. The summed E-state index contributed by atoms with van der Waals surface area (Å²) >= 11 is 1.52. The Bertz CT molecular complexity index is 916. The molecule has 0 amide bonds. The van der Waals surface area contributed by atoms with Gasteiger partial charge in [-0.1, -0.05) is 18.1 Å². The maximum absolute atomic E-state index is 12.6. The zero-order chi connectivity index (χ0) is 17.2. The molecule has 1 aromatic carbocycles. The molecule has 3 rings (SSSR count). The predicted octanol–water partition coefficient (Wildman–Crippen LogP) is 4.93. The fraction of sp³-hybridized carbons (Fsp3) is 0.111. The number of pyridine rings is 1.